The van der Waals surface area contributed by atoms with Crippen molar-refractivity contribution in [2.45, 2.75) is 50.7 Å². The number of carboxylic acids is 1. The average Bonchev–Trinajstić information content (AvgIpc) is 2.90. The van der Waals surface area contributed by atoms with E-state index in [1.54, 1.807) is 0 Å². The second-order valence-corrected chi connectivity index (χ2v) is 6.42. The lowest BCUT2D eigenvalue weighted by Gasteiger charge is -2.44. The molecule has 0 spiro atoms. The van der Waals surface area contributed by atoms with Crippen LogP contribution in [-0.4, -0.2) is 82.9 Å². The smallest absolute Gasteiger partial charge is 0.300 e. The predicted octanol–water partition coefficient (Wildman–Crippen LogP) is 0.00310. The number of rotatable bonds is 1. The van der Waals surface area contributed by atoms with Crippen LogP contribution in [0.2, 0.25) is 0 Å². The van der Waals surface area contributed by atoms with Crippen molar-refractivity contribution in [1.29, 1.82) is 0 Å². The number of likely N-dealkylation sites (N-methyl/N-ethyl adjacent to an activating group) is 1. The lowest BCUT2D eigenvalue weighted by atomic mass is 9.96. The van der Waals surface area contributed by atoms with E-state index in [9.17, 15) is 9.59 Å². The highest BCUT2D eigenvalue weighted by Crippen LogP contribution is 2.32. The quantitative estimate of drug-likeness (QED) is 0.737. The number of nitrogens with zero attached hydrogens (tertiary/aromatic N) is 3. The van der Waals surface area contributed by atoms with Crippen molar-refractivity contribution in [3.05, 3.63) is 0 Å². The fraction of sp³-hybridized carbons (Fsp3) is 0.800. The Kier molecular flexibility index (Phi) is 5.05. The van der Waals surface area contributed by atoms with E-state index in [1.165, 1.54) is 0 Å². The zero-order valence-electron chi connectivity index (χ0n) is 13.5. The molecular weight excluding hydrogens is 286 g/mol. The minimum atomic E-state index is -0.833. The highest BCUT2D eigenvalue weighted by atomic mass is 16.4. The lowest BCUT2D eigenvalue weighted by Crippen LogP contribution is -2.63. The van der Waals surface area contributed by atoms with Gasteiger partial charge in [0.1, 0.15) is 12.1 Å². The van der Waals surface area contributed by atoms with Crippen LogP contribution in [0, 0.1) is 0 Å². The predicted molar refractivity (Wildman–Crippen MR) is 80.3 cm³/mol. The van der Waals surface area contributed by atoms with Crippen molar-refractivity contribution in [3.63, 3.8) is 0 Å². The van der Waals surface area contributed by atoms with E-state index >= 15 is 0 Å². The summed E-state index contributed by atoms with van der Waals surface area (Å²) in [6.07, 6.45) is 3.75. The molecule has 2 amide bonds. The Bertz CT molecular complexity index is 430. The van der Waals surface area contributed by atoms with Gasteiger partial charge in [0.25, 0.3) is 5.97 Å². The number of hydrogen-bond donors (Lipinski definition) is 1. The number of fused-ring (bicyclic) bond motifs is 2. The molecule has 3 aliphatic rings. The Labute approximate surface area is 130 Å². The summed E-state index contributed by atoms with van der Waals surface area (Å²) in [7, 11) is 4.04. The van der Waals surface area contributed by atoms with E-state index < -0.39 is 5.97 Å². The zero-order valence-corrected chi connectivity index (χ0v) is 13.5. The van der Waals surface area contributed by atoms with E-state index in [1.807, 2.05) is 23.9 Å². The van der Waals surface area contributed by atoms with E-state index in [-0.39, 0.29) is 23.9 Å². The van der Waals surface area contributed by atoms with Gasteiger partial charge in [0.15, 0.2) is 0 Å². The van der Waals surface area contributed by atoms with Gasteiger partial charge in [0.2, 0.25) is 11.8 Å². The molecule has 3 aliphatic heterocycles. The second kappa shape index (κ2) is 6.64. The first-order valence-corrected chi connectivity index (χ1v) is 7.80. The fourth-order valence-electron chi connectivity index (χ4n) is 3.50. The van der Waals surface area contributed by atoms with Crippen LogP contribution in [0.15, 0.2) is 0 Å². The van der Waals surface area contributed by atoms with Crippen molar-refractivity contribution in [2.24, 2.45) is 0 Å². The third-order valence-corrected chi connectivity index (χ3v) is 4.65. The number of piperazine rings is 1. The van der Waals surface area contributed by atoms with Crippen molar-refractivity contribution in [3.8, 4) is 0 Å². The zero-order chi connectivity index (χ0) is 16.4. The number of aliphatic carboxylic acids is 1. The van der Waals surface area contributed by atoms with Gasteiger partial charge in [-0.25, -0.2) is 0 Å². The minimum Gasteiger partial charge on any atom is -0.481 e. The van der Waals surface area contributed by atoms with Gasteiger partial charge < -0.3 is 19.8 Å². The Hall–Kier alpha value is -1.63. The summed E-state index contributed by atoms with van der Waals surface area (Å²) >= 11 is 0. The molecule has 3 fully saturated rings. The maximum Gasteiger partial charge on any atom is 0.300 e. The molecule has 3 saturated heterocycles. The molecule has 0 aromatic carbocycles. The number of carbonyl (C=O) groups is 3. The Balaban J connectivity index is 0.000000396. The molecule has 0 aliphatic carbocycles. The first kappa shape index (κ1) is 16.7. The SMILES string of the molecule is CC(=O)O.CN(C)[C@@H]1C[C@H]2C(=O)N3CCCC[C@H]3C(=O)N2C1. The van der Waals surface area contributed by atoms with Gasteiger partial charge in [-0.2, -0.15) is 0 Å². The summed E-state index contributed by atoms with van der Waals surface area (Å²) < 4.78 is 0. The van der Waals surface area contributed by atoms with Gasteiger partial charge in [-0.15, -0.1) is 0 Å². The van der Waals surface area contributed by atoms with Crippen LogP contribution in [0.4, 0.5) is 0 Å². The Morgan fingerprint density at radius 3 is 2.32 bits per heavy atom. The van der Waals surface area contributed by atoms with E-state index in [2.05, 4.69) is 4.90 Å². The molecule has 7 nitrogen and oxygen atoms in total. The van der Waals surface area contributed by atoms with Crippen LogP contribution < -0.4 is 0 Å². The largest absolute Gasteiger partial charge is 0.481 e. The highest BCUT2D eigenvalue weighted by Gasteiger charge is 2.50. The van der Waals surface area contributed by atoms with Crippen LogP contribution >= 0.6 is 0 Å². The van der Waals surface area contributed by atoms with E-state index in [4.69, 9.17) is 9.90 Å². The van der Waals surface area contributed by atoms with Gasteiger partial charge in [-0.1, -0.05) is 0 Å². The summed E-state index contributed by atoms with van der Waals surface area (Å²) in [5.74, 6) is -0.465. The molecule has 3 heterocycles. The second-order valence-electron chi connectivity index (χ2n) is 6.42. The lowest BCUT2D eigenvalue weighted by molar-refractivity contribution is -0.161. The molecule has 0 radical (unpaired) electrons. The first-order chi connectivity index (χ1) is 10.3. The van der Waals surface area contributed by atoms with Crippen molar-refractivity contribution in [2.75, 3.05) is 27.2 Å². The van der Waals surface area contributed by atoms with Crippen molar-refractivity contribution >= 4 is 17.8 Å². The molecule has 0 saturated carbocycles. The third-order valence-electron chi connectivity index (χ3n) is 4.65. The van der Waals surface area contributed by atoms with Crippen LogP contribution in [0.3, 0.4) is 0 Å². The van der Waals surface area contributed by atoms with Crippen LogP contribution in [0.25, 0.3) is 0 Å². The van der Waals surface area contributed by atoms with E-state index in [0.717, 1.165) is 39.2 Å². The van der Waals surface area contributed by atoms with Crippen LogP contribution in [0.5, 0.6) is 0 Å². The summed E-state index contributed by atoms with van der Waals surface area (Å²) in [6.45, 7) is 2.57. The van der Waals surface area contributed by atoms with Gasteiger partial charge in [-0.3, -0.25) is 14.4 Å². The number of hydrogen-bond acceptors (Lipinski definition) is 4. The third kappa shape index (κ3) is 3.24. The average molecular weight is 311 g/mol. The normalized spacial score (nSPS) is 30.6. The molecule has 1 N–H and O–H groups in total. The topological polar surface area (TPSA) is 81.2 Å². The molecule has 124 valence electrons. The molecular formula is C15H25N3O4. The minimum absolute atomic E-state index is 0.164. The van der Waals surface area contributed by atoms with Gasteiger partial charge in [0.05, 0.1) is 0 Å². The van der Waals surface area contributed by atoms with Gasteiger partial charge in [-0.05, 0) is 39.8 Å². The fourth-order valence-corrected chi connectivity index (χ4v) is 3.50. The molecule has 0 aromatic rings. The monoisotopic (exact) mass is 311 g/mol. The molecule has 3 atom stereocenters. The molecule has 0 bridgehead atoms. The highest BCUT2D eigenvalue weighted by molar-refractivity contribution is 5.97. The van der Waals surface area contributed by atoms with Crippen LogP contribution in [-0.2, 0) is 14.4 Å². The van der Waals surface area contributed by atoms with Gasteiger partial charge in [0, 0.05) is 26.1 Å². The van der Waals surface area contributed by atoms with E-state index in [0.29, 0.717) is 12.6 Å². The Morgan fingerprint density at radius 2 is 1.73 bits per heavy atom. The van der Waals surface area contributed by atoms with Crippen LogP contribution in [0.1, 0.15) is 32.6 Å². The van der Waals surface area contributed by atoms with Crippen molar-refractivity contribution in [1.82, 2.24) is 14.7 Å². The number of amides is 2. The molecule has 22 heavy (non-hydrogen) atoms. The maximum atomic E-state index is 12.5. The first-order valence-electron chi connectivity index (χ1n) is 7.80. The summed E-state index contributed by atoms with van der Waals surface area (Å²) in [5.41, 5.74) is 0. The maximum absolute atomic E-state index is 12.5. The molecule has 7 heteroatoms. The summed E-state index contributed by atoms with van der Waals surface area (Å²) in [6, 6.07) is -0.0353. The number of piperidine rings is 1. The Morgan fingerprint density at radius 1 is 1.14 bits per heavy atom. The number of carbonyl (C=O) groups excluding carboxylic acids is 2. The van der Waals surface area contributed by atoms with Gasteiger partial charge >= 0.3 is 0 Å². The molecule has 0 aromatic heterocycles. The molecule has 3 rings (SSSR count). The van der Waals surface area contributed by atoms with Crippen molar-refractivity contribution < 1.29 is 19.5 Å². The standard InChI is InChI=1S/C13H21N3O2.C2H4O2/c1-14(2)9-7-11-13(18)15-6-4-3-5-10(15)12(17)16(11)8-9;1-2(3)4/h9-11H,3-8H2,1-2H3;1H3,(H,3,4)/t9-,10+,11+;/m1./s1. The summed E-state index contributed by atoms with van der Waals surface area (Å²) in [4.78, 5) is 39.7. The summed E-state index contributed by atoms with van der Waals surface area (Å²) in [5, 5.41) is 7.42. The number of carboxylic acid groups (broad SMARTS) is 1. The molecule has 0 unspecified atom stereocenters.